The number of piperidine rings is 1. The van der Waals surface area contributed by atoms with E-state index in [1.165, 1.54) is 4.31 Å². The van der Waals surface area contributed by atoms with Gasteiger partial charge in [-0.15, -0.1) is 0 Å². The number of fused-ring (bicyclic) bond motifs is 1. The van der Waals surface area contributed by atoms with Gasteiger partial charge in [-0.05, 0) is 49.6 Å². The summed E-state index contributed by atoms with van der Waals surface area (Å²) in [6.07, 6.45) is 1.20. The van der Waals surface area contributed by atoms with Crippen molar-refractivity contribution in [2.24, 2.45) is 5.92 Å². The van der Waals surface area contributed by atoms with E-state index in [1.54, 1.807) is 12.1 Å². The molecule has 2 fully saturated rings. The third-order valence-corrected chi connectivity index (χ3v) is 7.79. The van der Waals surface area contributed by atoms with Crippen molar-refractivity contribution in [1.82, 2.24) is 9.21 Å². The minimum Gasteiger partial charge on any atom is -0.372 e. The number of amides is 1. The Labute approximate surface area is 172 Å². The van der Waals surface area contributed by atoms with Gasteiger partial charge in [-0.3, -0.25) is 4.79 Å². The molecule has 0 bridgehead atoms. The zero-order chi connectivity index (χ0) is 20.6. The molecule has 2 aromatic rings. The van der Waals surface area contributed by atoms with Crippen molar-refractivity contribution in [1.29, 1.82) is 0 Å². The van der Waals surface area contributed by atoms with E-state index in [2.05, 4.69) is 0 Å². The van der Waals surface area contributed by atoms with Crippen LogP contribution in [0.2, 0.25) is 0 Å². The molecular weight excluding hydrogens is 388 g/mol. The predicted molar refractivity (Wildman–Crippen MR) is 112 cm³/mol. The molecule has 7 heteroatoms. The van der Waals surface area contributed by atoms with Crippen LogP contribution in [0.1, 0.15) is 26.7 Å². The van der Waals surface area contributed by atoms with Gasteiger partial charge in [0.25, 0.3) is 0 Å². The van der Waals surface area contributed by atoms with Crippen LogP contribution in [-0.4, -0.2) is 61.9 Å². The second-order valence-electron chi connectivity index (χ2n) is 8.19. The van der Waals surface area contributed by atoms with E-state index in [4.69, 9.17) is 4.74 Å². The number of carbonyl (C=O) groups is 1. The van der Waals surface area contributed by atoms with Crippen molar-refractivity contribution < 1.29 is 17.9 Å². The molecule has 0 radical (unpaired) electrons. The average Bonchev–Trinajstić information content (AvgIpc) is 2.72. The van der Waals surface area contributed by atoms with E-state index in [-0.39, 0.29) is 24.0 Å². The van der Waals surface area contributed by atoms with Crippen molar-refractivity contribution in [3.63, 3.8) is 0 Å². The third kappa shape index (κ3) is 4.17. The van der Waals surface area contributed by atoms with Gasteiger partial charge in [0.2, 0.25) is 15.9 Å². The quantitative estimate of drug-likeness (QED) is 0.772. The summed E-state index contributed by atoms with van der Waals surface area (Å²) in [6.45, 7) is 5.93. The van der Waals surface area contributed by atoms with Crippen LogP contribution < -0.4 is 0 Å². The lowest BCUT2D eigenvalue weighted by molar-refractivity contribution is -0.148. The van der Waals surface area contributed by atoms with Crippen LogP contribution in [0.25, 0.3) is 10.8 Å². The molecule has 2 saturated heterocycles. The fourth-order valence-electron chi connectivity index (χ4n) is 4.44. The number of sulfonamides is 1. The summed E-state index contributed by atoms with van der Waals surface area (Å²) in [5.74, 6) is 0.0188. The number of hydrogen-bond donors (Lipinski definition) is 0. The molecule has 2 atom stereocenters. The molecule has 2 aliphatic heterocycles. The number of nitrogens with zero attached hydrogens (tertiary/aromatic N) is 2. The Kier molecular flexibility index (Phi) is 5.64. The van der Waals surface area contributed by atoms with E-state index in [0.717, 1.165) is 10.8 Å². The predicted octanol–water partition coefficient (Wildman–Crippen LogP) is 2.88. The van der Waals surface area contributed by atoms with Crippen molar-refractivity contribution >= 4 is 26.7 Å². The highest BCUT2D eigenvalue weighted by atomic mass is 32.2. The first kappa shape index (κ1) is 20.3. The summed E-state index contributed by atoms with van der Waals surface area (Å²) in [7, 11) is -3.56. The van der Waals surface area contributed by atoms with E-state index in [0.29, 0.717) is 43.9 Å². The first-order valence-electron chi connectivity index (χ1n) is 10.3. The number of benzene rings is 2. The summed E-state index contributed by atoms with van der Waals surface area (Å²) in [5, 5.41) is 1.93. The number of rotatable bonds is 3. The fourth-order valence-corrected chi connectivity index (χ4v) is 5.94. The highest BCUT2D eigenvalue weighted by molar-refractivity contribution is 7.89. The summed E-state index contributed by atoms with van der Waals surface area (Å²) < 4.78 is 33.5. The maximum Gasteiger partial charge on any atom is 0.243 e. The number of morpholine rings is 1. The standard InChI is InChI=1S/C22H28N2O4S/c1-16-14-23(15-17(2)28-16)22(25)19-9-11-24(12-10-19)29(26,27)21-8-7-18-5-3-4-6-20(18)13-21/h3-8,13,16-17,19H,9-12,14-15H2,1-2H3/t16-,17-/m1/s1. The lowest BCUT2D eigenvalue weighted by atomic mass is 9.96. The molecule has 6 nitrogen and oxygen atoms in total. The van der Waals surface area contributed by atoms with Gasteiger partial charge in [0, 0.05) is 32.1 Å². The molecule has 29 heavy (non-hydrogen) atoms. The highest BCUT2D eigenvalue weighted by Gasteiger charge is 2.35. The zero-order valence-electron chi connectivity index (χ0n) is 17.0. The molecule has 0 N–H and O–H groups in total. The van der Waals surface area contributed by atoms with Crippen molar-refractivity contribution in [3.05, 3.63) is 42.5 Å². The van der Waals surface area contributed by atoms with Crippen molar-refractivity contribution in [2.75, 3.05) is 26.2 Å². The Morgan fingerprint density at radius 3 is 2.24 bits per heavy atom. The largest absolute Gasteiger partial charge is 0.372 e. The van der Waals surface area contributed by atoms with Gasteiger partial charge >= 0.3 is 0 Å². The lowest BCUT2D eigenvalue weighted by Gasteiger charge is -2.39. The molecule has 2 heterocycles. The number of ether oxygens (including phenoxy) is 1. The first-order chi connectivity index (χ1) is 13.8. The van der Waals surface area contributed by atoms with E-state index in [9.17, 15) is 13.2 Å². The first-order valence-corrected chi connectivity index (χ1v) is 11.7. The van der Waals surface area contributed by atoms with Crippen LogP contribution in [0.5, 0.6) is 0 Å². The molecule has 156 valence electrons. The summed E-state index contributed by atoms with van der Waals surface area (Å²) >= 11 is 0. The monoisotopic (exact) mass is 416 g/mol. The summed E-state index contributed by atoms with van der Waals surface area (Å²) in [4.78, 5) is 15.1. The minimum absolute atomic E-state index is 0.0380. The van der Waals surface area contributed by atoms with Gasteiger partial charge in [0.05, 0.1) is 17.1 Å². The molecule has 0 spiro atoms. The van der Waals surface area contributed by atoms with Crippen LogP contribution in [0.3, 0.4) is 0 Å². The van der Waals surface area contributed by atoms with Gasteiger partial charge in [-0.1, -0.05) is 30.3 Å². The highest BCUT2D eigenvalue weighted by Crippen LogP contribution is 2.27. The van der Waals surface area contributed by atoms with Crippen LogP contribution in [0.4, 0.5) is 0 Å². The molecular formula is C22H28N2O4S. The molecule has 4 rings (SSSR count). The molecule has 0 aromatic heterocycles. The van der Waals surface area contributed by atoms with Crippen LogP contribution in [0.15, 0.2) is 47.4 Å². The summed E-state index contributed by atoms with van der Waals surface area (Å²) in [5.41, 5.74) is 0. The SMILES string of the molecule is C[C@@H]1CN(C(=O)C2CCN(S(=O)(=O)c3ccc4ccccc4c3)CC2)C[C@@H](C)O1. The Hall–Kier alpha value is -1.96. The van der Waals surface area contributed by atoms with Crippen LogP contribution in [0, 0.1) is 5.92 Å². The Balaban J connectivity index is 1.43. The van der Waals surface area contributed by atoms with Gasteiger partial charge in [0.1, 0.15) is 0 Å². The molecule has 2 aromatic carbocycles. The van der Waals surface area contributed by atoms with Crippen LogP contribution >= 0.6 is 0 Å². The number of carbonyl (C=O) groups excluding carboxylic acids is 1. The minimum atomic E-state index is -3.56. The normalized spacial score (nSPS) is 24.7. The average molecular weight is 417 g/mol. The van der Waals surface area contributed by atoms with Gasteiger partial charge < -0.3 is 9.64 Å². The molecule has 0 aliphatic carbocycles. The topological polar surface area (TPSA) is 66.9 Å². The van der Waals surface area contributed by atoms with Crippen molar-refractivity contribution in [3.8, 4) is 0 Å². The maximum atomic E-state index is 13.1. The molecule has 2 aliphatic rings. The maximum absolute atomic E-state index is 13.1. The lowest BCUT2D eigenvalue weighted by Crippen LogP contribution is -2.51. The van der Waals surface area contributed by atoms with Crippen molar-refractivity contribution in [2.45, 2.75) is 43.8 Å². The van der Waals surface area contributed by atoms with Gasteiger partial charge in [0.15, 0.2) is 0 Å². The van der Waals surface area contributed by atoms with Crippen LogP contribution in [-0.2, 0) is 19.6 Å². The van der Waals surface area contributed by atoms with Gasteiger partial charge in [-0.25, -0.2) is 8.42 Å². The molecule has 1 amide bonds. The second kappa shape index (κ2) is 8.05. The Bertz CT molecular complexity index is 989. The Morgan fingerprint density at radius 2 is 1.59 bits per heavy atom. The Morgan fingerprint density at radius 1 is 0.966 bits per heavy atom. The second-order valence-corrected chi connectivity index (χ2v) is 10.1. The molecule has 0 saturated carbocycles. The van der Waals surface area contributed by atoms with Gasteiger partial charge in [-0.2, -0.15) is 4.31 Å². The molecule has 0 unspecified atom stereocenters. The fraction of sp³-hybridized carbons (Fsp3) is 0.500. The van der Waals surface area contributed by atoms with E-state index >= 15 is 0 Å². The zero-order valence-corrected chi connectivity index (χ0v) is 17.8. The third-order valence-electron chi connectivity index (χ3n) is 5.89. The number of hydrogen-bond acceptors (Lipinski definition) is 4. The smallest absolute Gasteiger partial charge is 0.243 e. The van der Waals surface area contributed by atoms with E-state index < -0.39 is 10.0 Å². The van der Waals surface area contributed by atoms with E-state index in [1.807, 2.05) is 49.1 Å². The summed E-state index contributed by atoms with van der Waals surface area (Å²) in [6, 6.07) is 13.0.